The predicted molar refractivity (Wildman–Crippen MR) is 94.0 cm³/mol. The molecule has 0 unspecified atom stereocenters. The van der Waals surface area contributed by atoms with Gasteiger partial charge in [-0.05, 0) is 35.7 Å². The normalized spacial score (nSPS) is 11.1. The van der Waals surface area contributed by atoms with Crippen LogP contribution in [0.15, 0.2) is 54.6 Å². The minimum atomic E-state index is 0.521. The van der Waals surface area contributed by atoms with Gasteiger partial charge in [0.05, 0.1) is 5.52 Å². The third kappa shape index (κ3) is 2.88. The van der Waals surface area contributed by atoms with Crippen molar-refractivity contribution in [3.63, 3.8) is 0 Å². The Hall–Kier alpha value is -2.94. The highest BCUT2D eigenvalue weighted by Gasteiger charge is 2.01. The third-order valence-corrected chi connectivity index (χ3v) is 3.57. The molecule has 22 heavy (non-hydrogen) atoms. The van der Waals surface area contributed by atoms with Crippen molar-refractivity contribution in [1.82, 2.24) is 4.98 Å². The molecular weight excluding hydrogens is 270 g/mol. The van der Waals surface area contributed by atoms with Crippen LogP contribution in [0.2, 0.25) is 0 Å². The van der Waals surface area contributed by atoms with Gasteiger partial charge in [-0.25, -0.2) is 4.98 Å². The van der Waals surface area contributed by atoms with E-state index in [0.29, 0.717) is 11.5 Å². The molecule has 3 rings (SSSR count). The van der Waals surface area contributed by atoms with Gasteiger partial charge in [0, 0.05) is 11.1 Å². The highest BCUT2D eigenvalue weighted by Crippen LogP contribution is 2.21. The zero-order valence-corrected chi connectivity index (χ0v) is 12.4. The van der Waals surface area contributed by atoms with Gasteiger partial charge in [0.25, 0.3) is 0 Å². The predicted octanol–water partition coefficient (Wildman–Crippen LogP) is 4.38. The highest BCUT2D eigenvalue weighted by molar-refractivity contribution is 5.96. The maximum Gasteiger partial charge on any atom is 0.124 e. The topological polar surface area (TPSA) is 62.8 Å². The van der Waals surface area contributed by atoms with Crippen LogP contribution in [-0.2, 0) is 0 Å². The Balaban J connectivity index is 1.97. The van der Waals surface area contributed by atoms with Crippen molar-refractivity contribution in [2.45, 2.75) is 6.92 Å². The molecule has 0 bridgehead atoms. The first-order chi connectivity index (χ1) is 10.6. The summed E-state index contributed by atoms with van der Waals surface area (Å²) in [4.78, 5) is 4.34. The van der Waals surface area contributed by atoms with E-state index < -0.39 is 0 Å². The number of nitrogens with two attached hydrogens (primary N) is 1. The zero-order chi connectivity index (χ0) is 15.5. The fourth-order valence-electron chi connectivity index (χ4n) is 2.39. The maximum absolute atomic E-state index is 7.62. The van der Waals surface area contributed by atoms with E-state index in [1.807, 2.05) is 66.7 Å². The van der Waals surface area contributed by atoms with Crippen LogP contribution < -0.4 is 5.73 Å². The van der Waals surface area contributed by atoms with Crippen LogP contribution in [0.5, 0.6) is 0 Å². The summed E-state index contributed by atoms with van der Waals surface area (Å²) in [5.41, 5.74) is 10.4. The van der Waals surface area contributed by atoms with Crippen LogP contribution >= 0.6 is 0 Å². The van der Waals surface area contributed by atoms with E-state index in [1.54, 1.807) is 6.92 Å². The number of pyridine rings is 1. The van der Waals surface area contributed by atoms with Gasteiger partial charge in [0.15, 0.2) is 0 Å². The van der Waals surface area contributed by atoms with Gasteiger partial charge in [0.1, 0.15) is 5.82 Å². The molecule has 0 aliphatic carbocycles. The standard InChI is InChI=1S/C19H17N3/c1-13(20)15-9-6-14(7-10-15)8-11-16-12-19(21)22-18-5-3-2-4-17(16)18/h2-12,20H,1H3,(H2,21,22)/b11-8+,20-13?. The second-order valence-corrected chi connectivity index (χ2v) is 5.23. The third-order valence-electron chi connectivity index (χ3n) is 3.57. The van der Waals surface area contributed by atoms with Crippen molar-refractivity contribution in [2.75, 3.05) is 5.73 Å². The first-order valence-corrected chi connectivity index (χ1v) is 7.12. The summed E-state index contributed by atoms with van der Waals surface area (Å²) in [7, 11) is 0. The highest BCUT2D eigenvalue weighted by atomic mass is 14.8. The van der Waals surface area contributed by atoms with Gasteiger partial charge in [-0.15, -0.1) is 0 Å². The number of rotatable bonds is 3. The second kappa shape index (κ2) is 5.82. The Morgan fingerprint density at radius 3 is 2.50 bits per heavy atom. The van der Waals surface area contributed by atoms with Gasteiger partial charge in [0.2, 0.25) is 0 Å². The van der Waals surface area contributed by atoms with Crippen molar-refractivity contribution in [1.29, 1.82) is 5.41 Å². The van der Waals surface area contributed by atoms with Crippen LogP contribution in [0.25, 0.3) is 23.1 Å². The molecule has 0 aliphatic heterocycles. The molecule has 0 atom stereocenters. The van der Waals surface area contributed by atoms with E-state index in [0.717, 1.165) is 27.6 Å². The molecule has 0 spiro atoms. The van der Waals surface area contributed by atoms with Crippen LogP contribution in [0.1, 0.15) is 23.6 Å². The van der Waals surface area contributed by atoms with Crippen molar-refractivity contribution in [2.24, 2.45) is 0 Å². The van der Waals surface area contributed by atoms with Crippen molar-refractivity contribution in [3.8, 4) is 0 Å². The molecular formula is C19H17N3. The van der Waals surface area contributed by atoms with Crippen LogP contribution in [-0.4, -0.2) is 10.7 Å². The lowest BCUT2D eigenvalue weighted by molar-refractivity contribution is 1.41. The molecule has 108 valence electrons. The van der Waals surface area contributed by atoms with Crippen molar-refractivity contribution < 1.29 is 0 Å². The molecule has 0 aliphatic rings. The van der Waals surface area contributed by atoms with E-state index in [4.69, 9.17) is 11.1 Å². The molecule has 0 radical (unpaired) electrons. The molecule has 3 N–H and O–H groups in total. The van der Waals surface area contributed by atoms with Gasteiger partial charge in [-0.3, -0.25) is 0 Å². The Kier molecular flexibility index (Phi) is 3.71. The molecule has 3 heteroatoms. The first-order valence-electron chi connectivity index (χ1n) is 7.12. The smallest absolute Gasteiger partial charge is 0.124 e. The van der Waals surface area contributed by atoms with Gasteiger partial charge in [-0.2, -0.15) is 0 Å². The summed E-state index contributed by atoms with van der Waals surface area (Å²) in [5, 5.41) is 8.70. The monoisotopic (exact) mass is 287 g/mol. The average Bonchev–Trinajstić information content (AvgIpc) is 2.52. The Morgan fingerprint density at radius 1 is 1.05 bits per heavy atom. The number of nitrogen functional groups attached to an aromatic ring is 1. The van der Waals surface area contributed by atoms with Crippen LogP contribution in [0, 0.1) is 5.41 Å². The Morgan fingerprint density at radius 2 is 1.77 bits per heavy atom. The summed E-state index contributed by atoms with van der Waals surface area (Å²) < 4.78 is 0. The van der Waals surface area contributed by atoms with E-state index in [-0.39, 0.29) is 0 Å². The quantitative estimate of drug-likeness (QED) is 0.702. The summed E-state index contributed by atoms with van der Waals surface area (Å²) in [5.74, 6) is 0.521. The number of anilines is 1. The summed E-state index contributed by atoms with van der Waals surface area (Å²) in [6.45, 7) is 1.79. The number of aromatic nitrogens is 1. The number of para-hydroxylation sites is 1. The lowest BCUT2D eigenvalue weighted by Gasteiger charge is -2.04. The fraction of sp³-hybridized carbons (Fsp3) is 0.0526. The van der Waals surface area contributed by atoms with Gasteiger partial charge >= 0.3 is 0 Å². The zero-order valence-electron chi connectivity index (χ0n) is 12.4. The minimum Gasteiger partial charge on any atom is -0.384 e. The number of nitrogens with one attached hydrogen (secondary N) is 1. The largest absolute Gasteiger partial charge is 0.384 e. The molecule has 0 fully saturated rings. The van der Waals surface area contributed by atoms with E-state index in [1.165, 1.54) is 0 Å². The summed E-state index contributed by atoms with van der Waals surface area (Å²) in [6, 6.07) is 17.8. The fourth-order valence-corrected chi connectivity index (χ4v) is 2.39. The number of fused-ring (bicyclic) bond motifs is 1. The molecule has 0 amide bonds. The molecule has 1 heterocycles. The minimum absolute atomic E-state index is 0.521. The number of benzene rings is 2. The second-order valence-electron chi connectivity index (χ2n) is 5.23. The lowest BCUT2D eigenvalue weighted by atomic mass is 10.1. The average molecular weight is 287 g/mol. The number of hydrogen-bond acceptors (Lipinski definition) is 3. The van der Waals surface area contributed by atoms with Gasteiger partial charge < -0.3 is 11.1 Å². The molecule has 2 aromatic carbocycles. The maximum atomic E-state index is 7.62. The summed E-state index contributed by atoms with van der Waals surface area (Å²) >= 11 is 0. The molecule has 3 aromatic rings. The summed E-state index contributed by atoms with van der Waals surface area (Å²) in [6.07, 6.45) is 4.09. The Bertz CT molecular complexity index is 861. The molecule has 3 nitrogen and oxygen atoms in total. The van der Waals surface area contributed by atoms with E-state index in [9.17, 15) is 0 Å². The Labute approximate surface area is 129 Å². The number of hydrogen-bond donors (Lipinski definition) is 2. The van der Waals surface area contributed by atoms with Crippen LogP contribution in [0.3, 0.4) is 0 Å². The van der Waals surface area contributed by atoms with E-state index >= 15 is 0 Å². The SMILES string of the molecule is CC(=N)c1ccc(/C=C/c2cc(N)nc3ccccc23)cc1. The lowest BCUT2D eigenvalue weighted by Crippen LogP contribution is -1.92. The number of nitrogens with zero attached hydrogens (tertiary/aromatic N) is 1. The van der Waals surface area contributed by atoms with Crippen molar-refractivity contribution >= 4 is 34.6 Å². The van der Waals surface area contributed by atoms with E-state index in [2.05, 4.69) is 4.98 Å². The van der Waals surface area contributed by atoms with Crippen molar-refractivity contribution in [3.05, 3.63) is 71.3 Å². The van der Waals surface area contributed by atoms with Crippen LogP contribution in [0.4, 0.5) is 5.82 Å². The molecule has 1 aromatic heterocycles. The molecule has 0 saturated heterocycles. The molecule has 0 saturated carbocycles. The first kappa shape index (κ1) is 14.0. The van der Waals surface area contributed by atoms with Gasteiger partial charge in [-0.1, -0.05) is 54.6 Å².